The lowest BCUT2D eigenvalue weighted by Crippen LogP contribution is -2.42. The Balaban J connectivity index is 1.96. The summed E-state index contributed by atoms with van der Waals surface area (Å²) in [6, 6.07) is 11.9. The number of fused-ring (bicyclic) bond motifs is 1. The topological polar surface area (TPSA) is 57.6 Å². The van der Waals surface area contributed by atoms with Crippen molar-refractivity contribution in [2.75, 3.05) is 11.4 Å². The van der Waals surface area contributed by atoms with Crippen LogP contribution in [-0.2, 0) is 10.4 Å². The number of hydrogen-bond acceptors (Lipinski definition) is 3. The third-order valence-corrected chi connectivity index (χ3v) is 4.25. The van der Waals surface area contributed by atoms with Crippen molar-refractivity contribution >= 4 is 17.4 Å². The number of nitrogens with zero attached hydrogens (tertiary/aromatic N) is 1. The Kier molecular flexibility index (Phi) is 4.27. The van der Waals surface area contributed by atoms with E-state index >= 15 is 0 Å². The number of para-hydroxylation sites is 1. The fourth-order valence-corrected chi connectivity index (χ4v) is 3.07. The van der Waals surface area contributed by atoms with Gasteiger partial charge in [0.25, 0.3) is 5.91 Å². The zero-order chi connectivity index (χ0) is 18.2. The molecule has 1 aliphatic heterocycles. The van der Waals surface area contributed by atoms with E-state index in [1.54, 1.807) is 31.2 Å². The van der Waals surface area contributed by atoms with Gasteiger partial charge < -0.3 is 10.0 Å². The van der Waals surface area contributed by atoms with E-state index in [1.807, 2.05) is 0 Å². The first-order valence-corrected chi connectivity index (χ1v) is 7.90. The van der Waals surface area contributed by atoms with Crippen LogP contribution >= 0.6 is 0 Å². The molecule has 1 amide bonds. The Morgan fingerprint density at radius 2 is 1.84 bits per heavy atom. The van der Waals surface area contributed by atoms with Crippen LogP contribution in [-0.4, -0.2) is 23.3 Å². The largest absolute Gasteiger partial charge is 0.375 e. The van der Waals surface area contributed by atoms with Gasteiger partial charge in [-0.1, -0.05) is 30.4 Å². The molecule has 3 rings (SSSR count). The maximum Gasteiger partial charge on any atom is 0.264 e. The van der Waals surface area contributed by atoms with Gasteiger partial charge in [-0.05, 0) is 37.3 Å². The lowest BCUT2D eigenvalue weighted by atomic mass is 9.88. The number of rotatable bonds is 5. The highest BCUT2D eigenvalue weighted by molar-refractivity contribution is 6.10. The summed E-state index contributed by atoms with van der Waals surface area (Å²) >= 11 is 0. The van der Waals surface area contributed by atoms with Crippen molar-refractivity contribution in [2.45, 2.75) is 18.9 Å². The number of ketones is 1. The van der Waals surface area contributed by atoms with Crippen LogP contribution in [0.25, 0.3) is 0 Å². The molecule has 0 unspecified atom stereocenters. The molecule has 2 aromatic rings. The van der Waals surface area contributed by atoms with Crippen LogP contribution in [0.15, 0.2) is 60.7 Å². The van der Waals surface area contributed by atoms with E-state index in [-0.39, 0.29) is 12.1 Å². The smallest absolute Gasteiger partial charge is 0.264 e. The van der Waals surface area contributed by atoms with Gasteiger partial charge in [-0.25, -0.2) is 4.39 Å². The van der Waals surface area contributed by atoms with E-state index < -0.39 is 29.5 Å². The molecule has 1 aliphatic rings. The molecule has 0 saturated heterocycles. The molecule has 5 heteroatoms. The average molecular weight is 339 g/mol. The highest BCUT2D eigenvalue weighted by Crippen LogP contribution is 2.43. The van der Waals surface area contributed by atoms with Gasteiger partial charge in [-0.3, -0.25) is 9.59 Å². The molecule has 128 valence electrons. The van der Waals surface area contributed by atoms with Gasteiger partial charge in [-0.2, -0.15) is 0 Å². The summed E-state index contributed by atoms with van der Waals surface area (Å²) in [6.45, 7) is 5.87. The molecule has 1 heterocycles. The molecule has 0 radical (unpaired) electrons. The summed E-state index contributed by atoms with van der Waals surface area (Å²) in [5, 5.41) is 11.1. The molecule has 2 aromatic carbocycles. The number of hydrogen-bond donors (Lipinski definition) is 1. The molecule has 0 bridgehead atoms. The number of Topliss-reactive ketones (excluding diaryl/α,β-unsaturated/α-hetero) is 1. The van der Waals surface area contributed by atoms with Gasteiger partial charge in [0.15, 0.2) is 11.4 Å². The minimum Gasteiger partial charge on any atom is -0.375 e. The van der Waals surface area contributed by atoms with Crippen molar-refractivity contribution in [3.05, 3.63) is 77.6 Å². The van der Waals surface area contributed by atoms with Crippen LogP contribution < -0.4 is 4.90 Å². The summed E-state index contributed by atoms with van der Waals surface area (Å²) in [4.78, 5) is 26.8. The predicted octanol–water partition coefficient (Wildman–Crippen LogP) is 3.21. The fourth-order valence-electron chi connectivity index (χ4n) is 3.07. The Morgan fingerprint density at radius 3 is 2.48 bits per heavy atom. The highest BCUT2D eigenvalue weighted by Gasteiger charge is 2.50. The van der Waals surface area contributed by atoms with Crippen LogP contribution in [0.1, 0.15) is 29.3 Å². The second-order valence-corrected chi connectivity index (χ2v) is 6.33. The zero-order valence-electron chi connectivity index (χ0n) is 13.8. The van der Waals surface area contributed by atoms with Crippen molar-refractivity contribution < 1.29 is 19.1 Å². The summed E-state index contributed by atoms with van der Waals surface area (Å²) in [7, 11) is 0. The second-order valence-electron chi connectivity index (χ2n) is 6.33. The van der Waals surface area contributed by atoms with Crippen LogP contribution in [0.4, 0.5) is 10.1 Å². The van der Waals surface area contributed by atoms with E-state index in [4.69, 9.17) is 0 Å². The molecule has 0 aromatic heterocycles. The first-order chi connectivity index (χ1) is 11.8. The monoisotopic (exact) mass is 339 g/mol. The maximum absolute atomic E-state index is 13.0. The number of aliphatic hydroxyl groups is 1. The lowest BCUT2D eigenvalue weighted by Gasteiger charge is -2.22. The molecule has 0 saturated carbocycles. The number of carbonyl (C=O) groups is 2. The maximum atomic E-state index is 13.0. The van der Waals surface area contributed by atoms with Crippen LogP contribution in [0.2, 0.25) is 0 Å². The quantitative estimate of drug-likeness (QED) is 0.672. The number of carbonyl (C=O) groups excluding carboxylic acids is 2. The van der Waals surface area contributed by atoms with E-state index in [0.29, 0.717) is 11.3 Å². The average Bonchev–Trinajstić information content (AvgIpc) is 2.77. The highest BCUT2D eigenvalue weighted by atomic mass is 19.1. The fraction of sp³-hybridized carbons (Fsp3) is 0.200. The molecular formula is C20H18FNO3. The normalized spacial score (nSPS) is 19.0. The summed E-state index contributed by atoms with van der Waals surface area (Å²) in [6.07, 6.45) is -0.402. The Bertz CT molecular complexity index is 859. The summed E-state index contributed by atoms with van der Waals surface area (Å²) in [5.41, 5.74) is 0.0506. The van der Waals surface area contributed by atoms with Gasteiger partial charge >= 0.3 is 0 Å². The van der Waals surface area contributed by atoms with E-state index in [9.17, 15) is 19.1 Å². The molecule has 0 spiro atoms. The van der Waals surface area contributed by atoms with Crippen molar-refractivity contribution in [1.82, 2.24) is 0 Å². The standard InChI is InChI=1S/C20H18FNO3/c1-13(2)12-22-17-6-4-3-5-16(17)20(25,19(22)24)11-18(23)14-7-9-15(21)10-8-14/h3-10,25H,1,11-12H2,2H3/t20-/m0/s1. The van der Waals surface area contributed by atoms with Gasteiger partial charge in [0, 0.05) is 17.7 Å². The third-order valence-electron chi connectivity index (χ3n) is 4.25. The summed E-state index contributed by atoms with van der Waals surface area (Å²) < 4.78 is 13.0. The van der Waals surface area contributed by atoms with Gasteiger partial charge in [-0.15, -0.1) is 0 Å². The number of amides is 1. The zero-order valence-corrected chi connectivity index (χ0v) is 13.8. The predicted molar refractivity (Wildman–Crippen MR) is 92.9 cm³/mol. The van der Waals surface area contributed by atoms with Crippen molar-refractivity contribution in [1.29, 1.82) is 0 Å². The first kappa shape index (κ1) is 17.0. The van der Waals surface area contributed by atoms with Crippen LogP contribution in [0.5, 0.6) is 0 Å². The Morgan fingerprint density at radius 1 is 1.20 bits per heavy atom. The molecule has 0 fully saturated rings. The van der Waals surface area contributed by atoms with Crippen molar-refractivity contribution in [3.8, 4) is 0 Å². The molecular weight excluding hydrogens is 321 g/mol. The molecule has 1 N–H and O–H groups in total. The third kappa shape index (κ3) is 2.98. The van der Waals surface area contributed by atoms with Crippen molar-refractivity contribution in [3.63, 3.8) is 0 Å². The van der Waals surface area contributed by atoms with Gasteiger partial charge in [0.1, 0.15) is 5.82 Å². The second kappa shape index (κ2) is 6.26. The Labute approximate surface area is 145 Å². The molecule has 25 heavy (non-hydrogen) atoms. The van der Waals surface area contributed by atoms with Crippen molar-refractivity contribution in [2.24, 2.45) is 0 Å². The number of benzene rings is 2. The van der Waals surface area contributed by atoms with E-state index in [2.05, 4.69) is 6.58 Å². The Hall–Kier alpha value is -2.79. The van der Waals surface area contributed by atoms with E-state index in [1.165, 1.54) is 29.2 Å². The van der Waals surface area contributed by atoms with Crippen LogP contribution in [0.3, 0.4) is 0 Å². The molecule has 1 atom stereocenters. The van der Waals surface area contributed by atoms with Gasteiger partial charge in [0.2, 0.25) is 0 Å². The minimum absolute atomic E-state index is 0.249. The van der Waals surface area contributed by atoms with Crippen LogP contribution in [0, 0.1) is 5.82 Å². The SMILES string of the molecule is C=C(C)CN1C(=O)[C@](O)(CC(=O)c2ccc(F)cc2)c2ccccc21. The minimum atomic E-state index is -1.93. The molecule has 4 nitrogen and oxygen atoms in total. The lowest BCUT2D eigenvalue weighted by molar-refractivity contribution is -0.135. The van der Waals surface area contributed by atoms with Gasteiger partial charge in [0.05, 0.1) is 12.1 Å². The number of anilines is 1. The molecule has 0 aliphatic carbocycles. The summed E-state index contributed by atoms with van der Waals surface area (Å²) in [5.74, 6) is -1.43. The number of halogens is 1. The first-order valence-electron chi connectivity index (χ1n) is 7.90. The van der Waals surface area contributed by atoms with E-state index in [0.717, 1.165) is 5.57 Å².